The van der Waals surface area contributed by atoms with Crippen molar-refractivity contribution in [2.75, 3.05) is 13.1 Å². The van der Waals surface area contributed by atoms with Gasteiger partial charge in [0.15, 0.2) is 0 Å². The second-order valence-corrected chi connectivity index (χ2v) is 3.50. The van der Waals surface area contributed by atoms with E-state index >= 15 is 0 Å². The Balaban J connectivity index is 2.52. The summed E-state index contributed by atoms with van der Waals surface area (Å²) < 4.78 is 0. The minimum absolute atomic E-state index is 0.236. The normalized spacial score (nSPS) is 9.71. The fourth-order valence-corrected chi connectivity index (χ4v) is 1.48. The van der Waals surface area contributed by atoms with E-state index in [1.54, 1.807) is 24.3 Å². The van der Waals surface area contributed by atoms with E-state index in [1.807, 2.05) is 6.92 Å². The lowest BCUT2D eigenvalue weighted by molar-refractivity contribution is 0.0695. The number of carboxylic acids is 1. The quantitative estimate of drug-likeness (QED) is 0.719. The summed E-state index contributed by atoms with van der Waals surface area (Å²) in [7, 11) is 0. The third-order valence-corrected chi connectivity index (χ3v) is 2.27. The van der Waals surface area contributed by atoms with Crippen molar-refractivity contribution in [1.82, 2.24) is 10.6 Å². The molecule has 0 heterocycles. The molecule has 0 bridgehead atoms. The number of hydrogen-bond acceptors (Lipinski definition) is 2. The molecule has 0 spiro atoms. The molecular formula is C12H16N2O3. The molecule has 5 nitrogen and oxygen atoms in total. The van der Waals surface area contributed by atoms with Crippen LogP contribution >= 0.6 is 0 Å². The Morgan fingerprint density at radius 3 is 2.59 bits per heavy atom. The molecular weight excluding hydrogens is 220 g/mol. The maximum Gasteiger partial charge on any atom is 0.335 e. The monoisotopic (exact) mass is 236 g/mol. The van der Waals surface area contributed by atoms with Gasteiger partial charge < -0.3 is 15.7 Å². The van der Waals surface area contributed by atoms with Gasteiger partial charge in [-0.15, -0.1) is 0 Å². The zero-order chi connectivity index (χ0) is 12.7. The van der Waals surface area contributed by atoms with Gasteiger partial charge in [-0.2, -0.15) is 0 Å². The van der Waals surface area contributed by atoms with Crippen LogP contribution in [0.25, 0.3) is 0 Å². The average Bonchev–Trinajstić information content (AvgIpc) is 2.30. The van der Waals surface area contributed by atoms with Gasteiger partial charge >= 0.3 is 12.0 Å². The van der Waals surface area contributed by atoms with Crippen molar-refractivity contribution in [3.8, 4) is 0 Å². The van der Waals surface area contributed by atoms with Crippen molar-refractivity contribution in [3.05, 3.63) is 35.4 Å². The van der Waals surface area contributed by atoms with Crippen molar-refractivity contribution in [2.24, 2.45) is 0 Å². The molecule has 92 valence electrons. The molecule has 2 amide bonds. The molecule has 0 aliphatic heterocycles. The van der Waals surface area contributed by atoms with Crippen LogP contribution < -0.4 is 10.6 Å². The zero-order valence-electron chi connectivity index (χ0n) is 9.69. The van der Waals surface area contributed by atoms with Crippen molar-refractivity contribution >= 4 is 12.0 Å². The number of carbonyl (C=O) groups is 2. The highest BCUT2D eigenvalue weighted by Crippen LogP contribution is 2.08. The largest absolute Gasteiger partial charge is 0.478 e. The molecule has 17 heavy (non-hydrogen) atoms. The van der Waals surface area contributed by atoms with Crippen LogP contribution in [0.5, 0.6) is 0 Å². The van der Waals surface area contributed by atoms with Crippen LogP contribution in [0.2, 0.25) is 0 Å². The molecule has 0 atom stereocenters. The Hall–Kier alpha value is -2.04. The molecule has 1 aromatic carbocycles. The number of carbonyl (C=O) groups excluding carboxylic acids is 1. The predicted octanol–water partition coefficient (Wildman–Crippen LogP) is 1.25. The Bertz CT molecular complexity index is 404. The van der Waals surface area contributed by atoms with E-state index in [-0.39, 0.29) is 11.6 Å². The van der Waals surface area contributed by atoms with Crippen LogP contribution in [0.15, 0.2) is 24.3 Å². The Kier molecular flexibility index (Phi) is 5.00. The van der Waals surface area contributed by atoms with E-state index in [4.69, 9.17) is 5.11 Å². The summed E-state index contributed by atoms with van der Waals surface area (Å²) >= 11 is 0. The number of rotatable bonds is 5. The highest BCUT2D eigenvalue weighted by Gasteiger charge is 2.08. The lowest BCUT2D eigenvalue weighted by Crippen LogP contribution is -2.36. The molecule has 0 aromatic heterocycles. The number of nitrogens with one attached hydrogen (secondary N) is 2. The summed E-state index contributed by atoms with van der Waals surface area (Å²) in [6.07, 6.45) is 0.500. The first-order valence-corrected chi connectivity index (χ1v) is 5.48. The molecule has 3 N–H and O–H groups in total. The van der Waals surface area contributed by atoms with Gasteiger partial charge in [0.25, 0.3) is 0 Å². The SMILES string of the molecule is CCNC(=O)NCCc1ccccc1C(=O)O. The lowest BCUT2D eigenvalue weighted by Gasteiger charge is -2.07. The highest BCUT2D eigenvalue weighted by molar-refractivity contribution is 5.89. The Labute approximate surface area is 99.8 Å². The van der Waals surface area contributed by atoms with Crippen molar-refractivity contribution in [1.29, 1.82) is 0 Å². The van der Waals surface area contributed by atoms with E-state index in [9.17, 15) is 9.59 Å². The van der Waals surface area contributed by atoms with Crippen LogP contribution in [0.4, 0.5) is 4.79 Å². The fourth-order valence-electron chi connectivity index (χ4n) is 1.48. The van der Waals surface area contributed by atoms with E-state index in [2.05, 4.69) is 10.6 Å². The summed E-state index contributed by atoms with van der Waals surface area (Å²) in [4.78, 5) is 22.0. The van der Waals surface area contributed by atoms with Crippen molar-refractivity contribution in [2.45, 2.75) is 13.3 Å². The maximum atomic E-state index is 11.1. The number of aromatic carboxylic acids is 1. The molecule has 0 fully saturated rings. The van der Waals surface area contributed by atoms with E-state index in [1.165, 1.54) is 0 Å². The molecule has 5 heteroatoms. The summed E-state index contributed by atoms with van der Waals surface area (Å²) in [5.41, 5.74) is 1.00. The number of carboxylic acid groups (broad SMARTS) is 1. The highest BCUT2D eigenvalue weighted by atomic mass is 16.4. The second-order valence-electron chi connectivity index (χ2n) is 3.50. The molecule has 0 saturated heterocycles. The summed E-state index contributed by atoms with van der Waals surface area (Å²) in [5, 5.41) is 14.2. The van der Waals surface area contributed by atoms with Crippen molar-refractivity contribution in [3.63, 3.8) is 0 Å². The predicted molar refractivity (Wildman–Crippen MR) is 64.2 cm³/mol. The molecule has 1 aromatic rings. The van der Waals surface area contributed by atoms with Crippen LogP contribution in [0, 0.1) is 0 Å². The second kappa shape index (κ2) is 6.52. The number of urea groups is 1. The molecule has 1 rings (SSSR count). The third kappa shape index (κ3) is 4.14. The van der Waals surface area contributed by atoms with Crippen LogP contribution in [-0.2, 0) is 6.42 Å². The number of hydrogen-bond donors (Lipinski definition) is 3. The third-order valence-electron chi connectivity index (χ3n) is 2.27. The van der Waals surface area contributed by atoms with Gasteiger partial charge in [0.1, 0.15) is 0 Å². The number of amides is 2. The van der Waals surface area contributed by atoms with Crippen LogP contribution in [-0.4, -0.2) is 30.2 Å². The van der Waals surface area contributed by atoms with Gasteiger partial charge in [0, 0.05) is 13.1 Å². The summed E-state index contributed by atoms with van der Waals surface area (Å²) in [5.74, 6) is -0.946. The topological polar surface area (TPSA) is 78.4 Å². The van der Waals surface area contributed by atoms with Gasteiger partial charge in [-0.3, -0.25) is 0 Å². The first-order chi connectivity index (χ1) is 8.15. The molecule has 0 aliphatic rings. The van der Waals surface area contributed by atoms with E-state index < -0.39 is 5.97 Å². The summed E-state index contributed by atoms with van der Waals surface area (Å²) in [6, 6.07) is 6.55. The molecule has 0 saturated carbocycles. The minimum atomic E-state index is -0.946. The van der Waals surface area contributed by atoms with Gasteiger partial charge in [0.05, 0.1) is 5.56 Å². The van der Waals surface area contributed by atoms with Gasteiger partial charge in [-0.1, -0.05) is 18.2 Å². The molecule has 0 unspecified atom stereocenters. The lowest BCUT2D eigenvalue weighted by atomic mass is 10.0. The average molecular weight is 236 g/mol. The molecule has 0 radical (unpaired) electrons. The number of benzene rings is 1. The first kappa shape index (κ1) is 13.0. The summed E-state index contributed by atoms with van der Waals surface area (Å²) in [6.45, 7) is 2.81. The first-order valence-electron chi connectivity index (χ1n) is 5.48. The van der Waals surface area contributed by atoms with Gasteiger partial charge in [0.2, 0.25) is 0 Å². The van der Waals surface area contributed by atoms with Gasteiger partial charge in [-0.05, 0) is 25.0 Å². The van der Waals surface area contributed by atoms with E-state index in [0.29, 0.717) is 19.5 Å². The van der Waals surface area contributed by atoms with Gasteiger partial charge in [-0.25, -0.2) is 9.59 Å². The Morgan fingerprint density at radius 1 is 1.24 bits per heavy atom. The fraction of sp³-hybridized carbons (Fsp3) is 0.333. The van der Waals surface area contributed by atoms with E-state index in [0.717, 1.165) is 5.56 Å². The minimum Gasteiger partial charge on any atom is -0.478 e. The van der Waals surface area contributed by atoms with Crippen molar-refractivity contribution < 1.29 is 14.7 Å². The van der Waals surface area contributed by atoms with Crippen LogP contribution in [0.3, 0.4) is 0 Å². The smallest absolute Gasteiger partial charge is 0.335 e. The standard InChI is InChI=1S/C12H16N2O3/c1-2-13-12(17)14-8-7-9-5-3-4-6-10(9)11(15)16/h3-6H,2,7-8H2,1H3,(H,15,16)(H2,13,14,17). The maximum absolute atomic E-state index is 11.1. The van der Waals surface area contributed by atoms with Crippen LogP contribution in [0.1, 0.15) is 22.8 Å². The Morgan fingerprint density at radius 2 is 1.94 bits per heavy atom. The zero-order valence-corrected chi connectivity index (χ0v) is 9.69. The molecule has 0 aliphatic carbocycles.